The fourth-order valence-corrected chi connectivity index (χ4v) is 3.41. The first-order valence-corrected chi connectivity index (χ1v) is 7.35. The average molecular weight is 273 g/mol. The van der Waals surface area contributed by atoms with Crippen LogP contribution in [0.5, 0.6) is 0 Å². The van der Waals surface area contributed by atoms with Crippen LogP contribution in [-0.4, -0.2) is 64.2 Å². The Bertz CT molecular complexity index is 325. The lowest BCUT2D eigenvalue weighted by Gasteiger charge is -2.33. The molecule has 1 atom stereocenters. The molecule has 0 aliphatic carbocycles. The number of hydrogen-bond acceptors (Lipinski definition) is 4. The molecule has 0 aromatic heterocycles. The Labute approximate surface area is 110 Å². The Balaban J connectivity index is 1.84. The van der Waals surface area contributed by atoms with Crippen LogP contribution in [0.1, 0.15) is 12.8 Å². The summed E-state index contributed by atoms with van der Waals surface area (Å²) in [5.74, 6) is 1.85. The lowest BCUT2D eigenvalue weighted by Crippen LogP contribution is -2.50. The van der Waals surface area contributed by atoms with Crippen LogP contribution in [-0.2, 0) is 4.79 Å². The highest BCUT2D eigenvalue weighted by Gasteiger charge is 2.33. The molecule has 0 saturated carbocycles. The van der Waals surface area contributed by atoms with Gasteiger partial charge in [-0.15, -0.1) is 11.8 Å². The molecule has 3 N–H and O–H groups in total. The molecule has 6 nitrogen and oxygen atoms in total. The van der Waals surface area contributed by atoms with E-state index in [1.165, 1.54) is 4.90 Å². The van der Waals surface area contributed by atoms with E-state index in [0.29, 0.717) is 25.9 Å². The van der Waals surface area contributed by atoms with Crippen LogP contribution in [0.15, 0.2) is 0 Å². The quantitative estimate of drug-likeness (QED) is 0.752. The Morgan fingerprint density at radius 1 is 1.22 bits per heavy atom. The van der Waals surface area contributed by atoms with Crippen molar-refractivity contribution in [1.29, 1.82) is 0 Å². The summed E-state index contributed by atoms with van der Waals surface area (Å²) in [7, 11) is 0. The molecule has 2 fully saturated rings. The number of carbonyl (C=O) groups is 2. The zero-order valence-corrected chi connectivity index (χ0v) is 11.1. The van der Waals surface area contributed by atoms with Gasteiger partial charge in [0.15, 0.2) is 0 Å². The van der Waals surface area contributed by atoms with Gasteiger partial charge in [-0.05, 0) is 18.8 Å². The molecule has 0 unspecified atom stereocenters. The zero-order valence-electron chi connectivity index (χ0n) is 10.2. The van der Waals surface area contributed by atoms with Crippen molar-refractivity contribution < 1.29 is 14.7 Å². The maximum atomic E-state index is 12.1. The van der Waals surface area contributed by atoms with E-state index in [-0.39, 0.29) is 11.8 Å². The van der Waals surface area contributed by atoms with Gasteiger partial charge in [-0.2, -0.15) is 0 Å². The summed E-state index contributed by atoms with van der Waals surface area (Å²) in [4.78, 5) is 26.1. The van der Waals surface area contributed by atoms with Crippen molar-refractivity contribution in [2.24, 2.45) is 11.7 Å². The molecule has 0 radical (unpaired) electrons. The maximum absolute atomic E-state index is 12.1. The smallest absolute Gasteiger partial charge is 0.407 e. The largest absolute Gasteiger partial charge is 0.465 e. The Morgan fingerprint density at radius 2 is 1.89 bits per heavy atom. The van der Waals surface area contributed by atoms with Gasteiger partial charge in [-0.25, -0.2) is 4.79 Å². The van der Waals surface area contributed by atoms with E-state index in [9.17, 15) is 9.59 Å². The summed E-state index contributed by atoms with van der Waals surface area (Å²) >= 11 is 1.74. The normalized spacial score (nSPS) is 23.2. The average Bonchev–Trinajstić information content (AvgIpc) is 2.91. The van der Waals surface area contributed by atoms with Gasteiger partial charge in [0.2, 0.25) is 5.91 Å². The fourth-order valence-electron chi connectivity index (χ4n) is 2.45. The third kappa shape index (κ3) is 2.89. The van der Waals surface area contributed by atoms with E-state index in [2.05, 4.69) is 0 Å². The van der Waals surface area contributed by atoms with E-state index in [4.69, 9.17) is 10.8 Å². The van der Waals surface area contributed by atoms with E-state index in [1.54, 1.807) is 16.7 Å². The Hall–Kier alpha value is -0.950. The number of piperidine rings is 1. The van der Waals surface area contributed by atoms with Crippen molar-refractivity contribution in [3.63, 3.8) is 0 Å². The molecule has 2 rings (SSSR count). The van der Waals surface area contributed by atoms with Gasteiger partial charge in [0.1, 0.15) is 0 Å². The summed E-state index contributed by atoms with van der Waals surface area (Å²) in [6.07, 6.45) is 0.477. The third-order valence-electron chi connectivity index (χ3n) is 3.67. The van der Waals surface area contributed by atoms with Gasteiger partial charge < -0.3 is 20.6 Å². The number of carbonyl (C=O) groups excluding carboxylic acids is 1. The Kier molecular flexibility index (Phi) is 4.34. The molecule has 102 valence electrons. The van der Waals surface area contributed by atoms with Gasteiger partial charge in [0.05, 0.1) is 11.9 Å². The summed E-state index contributed by atoms with van der Waals surface area (Å²) in [6, 6.07) is -0.473. The third-order valence-corrected chi connectivity index (χ3v) is 4.63. The predicted octanol–water partition coefficient (Wildman–Crippen LogP) is 0.237. The van der Waals surface area contributed by atoms with Crippen molar-refractivity contribution >= 4 is 23.8 Å². The van der Waals surface area contributed by atoms with E-state index < -0.39 is 12.1 Å². The van der Waals surface area contributed by atoms with Gasteiger partial charge in [0, 0.05) is 25.4 Å². The number of hydrogen-bond donors (Lipinski definition) is 2. The lowest BCUT2D eigenvalue weighted by molar-refractivity contribution is -0.132. The van der Waals surface area contributed by atoms with Crippen LogP contribution < -0.4 is 5.73 Å². The van der Waals surface area contributed by atoms with Gasteiger partial charge in [-0.1, -0.05) is 0 Å². The molecule has 2 heterocycles. The first kappa shape index (κ1) is 13.5. The van der Waals surface area contributed by atoms with E-state index >= 15 is 0 Å². The van der Waals surface area contributed by atoms with Crippen LogP contribution in [0.4, 0.5) is 4.79 Å². The summed E-state index contributed by atoms with van der Waals surface area (Å²) in [5.41, 5.74) is 6.03. The second-order valence-electron chi connectivity index (χ2n) is 4.77. The topological polar surface area (TPSA) is 86.9 Å². The first-order valence-electron chi connectivity index (χ1n) is 6.19. The minimum absolute atomic E-state index is 0.0220. The second-order valence-corrected chi connectivity index (χ2v) is 5.85. The monoisotopic (exact) mass is 273 g/mol. The van der Waals surface area contributed by atoms with Crippen molar-refractivity contribution in [2.75, 3.05) is 31.3 Å². The zero-order chi connectivity index (χ0) is 13.1. The minimum atomic E-state index is -0.885. The predicted molar refractivity (Wildman–Crippen MR) is 69.3 cm³/mol. The maximum Gasteiger partial charge on any atom is 0.407 e. The van der Waals surface area contributed by atoms with Crippen molar-refractivity contribution in [3.8, 4) is 0 Å². The molecule has 0 spiro atoms. The number of nitrogens with zero attached hydrogens (tertiary/aromatic N) is 2. The molecule has 18 heavy (non-hydrogen) atoms. The van der Waals surface area contributed by atoms with Crippen molar-refractivity contribution in [3.05, 3.63) is 0 Å². The highest BCUT2D eigenvalue weighted by molar-refractivity contribution is 7.99. The van der Waals surface area contributed by atoms with Gasteiger partial charge >= 0.3 is 6.09 Å². The van der Waals surface area contributed by atoms with Gasteiger partial charge in [0.25, 0.3) is 0 Å². The Morgan fingerprint density at radius 3 is 2.39 bits per heavy atom. The number of amides is 2. The molecule has 2 saturated heterocycles. The number of likely N-dealkylation sites (tertiary alicyclic amines) is 1. The number of rotatable bonds is 2. The van der Waals surface area contributed by atoms with Crippen LogP contribution in [0, 0.1) is 5.92 Å². The molecule has 0 aromatic carbocycles. The van der Waals surface area contributed by atoms with Crippen LogP contribution in [0.2, 0.25) is 0 Å². The highest BCUT2D eigenvalue weighted by Crippen LogP contribution is 2.23. The number of thioether (sulfide) groups is 1. The van der Waals surface area contributed by atoms with Crippen LogP contribution >= 0.6 is 11.8 Å². The summed E-state index contributed by atoms with van der Waals surface area (Å²) < 4.78 is 0. The second kappa shape index (κ2) is 5.79. The number of nitrogens with two attached hydrogens (primary N) is 1. The number of carboxylic acid groups (broad SMARTS) is 1. The molecule has 0 aromatic rings. The minimum Gasteiger partial charge on any atom is -0.465 e. The summed E-state index contributed by atoms with van der Waals surface area (Å²) in [6.45, 7) is 1.75. The molecule has 2 aliphatic rings. The van der Waals surface area contributed by atoms with Crippen LogP contribution in [0.3, 0.4) is 0 Å². The fraction of sp³-hybridized carbons (Fsp3) is 0.818. The van der Waals surface area contributed by atoms with E-state index in [1.807, 2.05) is 0 Å². The van der Waals surface area contributed by atoms with Crippen LogP contribution in [0.25, 0.3) is 0 Å². The van der Waals surface area contributed by atoms with E-state index in [0.717, 1.165) is 18.2 Å². The molecule has 7 heteroatoms. The molecule has 2 amide bonds. The molecular formula is C11H19N3O3S. The molecular weight excluding hydrogens is 254 g/mol. The SMILES string of the molecule is N[C@H](C(=O)N1CCSC1)C1CCN(C(=O)O)CC1. The van der Waals surface area contributed by atoms with Gasteiger partial charge in [-0.3, -0.25) is 4.79 Å². The lowest BCUT2D eigenvalue weighted by atomic mass is 9.89. The molecule has 2 aliphatic heterocycles. The molecule has 0 bridgehead atoms. The van der Waals surface area contributed by atoms with Crippen molar-refractivity contribution in [1.82, 2.24) is 9.80 Å². The standard InChI is InChI=1S/C11H19N3O3S/c12-9(10(15)14-5-6-18-7-14)8-1-3-13(4-2-8)11(16)17/h8-9H,1-7,12H2,(H,16,17)/t9-/m0/s1. The summed E-state index contributed by atoms with van der Waals surface area (Å²) in [5, 5.41) is 8.86. The van der Waals surface area contributed by atoms with Crippen molar-refractivity contribution in [2.45, 2.75) is 18.9 Å². The first-order chi connectivity index (χ1) is 8.59. The highest BCUT2D eigenvalue weighted by atomic mass is 32.2.